The Morgan fingerprint density at radius 1 is 1.17 bits per heavy atom. The molecule has 24 heavy (non-hydrogen) atoms. The lowest BCUT2D eigenvalue weighted by atomic mass is 10.1. The number of likely N-dealkylation sites (tertiary alicyclic amines) is 1. The molecular weight excluding hydrogens is 322 g/mol. The standard InChI is InChI=1S/C16H25N7S/c1-11-12(2)24-16(21-11)22-15-13(17)14(19-10-20-15)18-6-9-23-7-4-3-5-8-23/h10H,3-9,17H2,1-2H3,(H2,18,19,20,21,22). The van der Waals surface area contributed by atoms with Crippen LogP contribution < -0.4 is 16.4 Å². The molecule has 1 aliphatic rings. The van der Waals surface area contributed by atoms with Crippen molar-refractivity contribution in [3.63, 3.8) is 0 Å². The molecule has 0 amide bonds. The maximum absolute atomic E-state index is 6.21. The first kappa shape index (κ1) is 16.9. The molecule has 1 fully saturated rings. The van der Waals surface area contributed by atoms with E-state index in [2.05, 4.69) is 37.4 Å². The number of thiazole rings is 1. The minimum Gasteiger partial charge on any atom is -0.393 e. The zero-order valence-corrected chi connectivity index (χ0v) is 15.1. The third-order valence-corrected chi connectivity index (χ3v) is 5.30. The lowest BCUT2D eigenvalue weighted by Crippen LogP contribution is -2.33. The fraction of sp³-hybridized carbons (Fsp3) is 0.562. The smallest absolute Gasteiger partial charge is 0.188 e. The molecule has 0 aromatic carbocycles. The van der Waals surface area contributed by atoms with E-state index in [4.69, 9.17) is 5.73 Å². The van der Waals surface area contributed by atoms with Gasteiger partial charge in [-0.3, -0.25) is 0 Å². The Kier molecular flexibility index (Phi) is 5.47. The van der Waals surface area contributed by atoms with Crippen LogP contribution in [0, 0.1) is 13.8 Å². The van der Waals surface area contributed by atoms with E-state index in [9.17, 15) is 0 Å². The number of aryl methyl sites for hydroxylation is 2. The van der Waals surface area contributed by atoms with E-state index in [0.717, 1.165) is 23.9 Å². The molecule has 1 aliphatic heterocycles. The Hall–Kier alpha value is -1.93. The molecule has 0 atom stereocenters. The van der Waals surface area contributed by atoms with Gasteiger partial charge in [0.05, 0.1) is 5.69 Å². The van der Waals surface area contributed by atoms with Gasteiger partial charge in [0.2, 0.25) is 0 Å². The van der Waals surface area contributed by atoms with Gasteiger partial charge in [0.1, 0.15) is 12.0 Å². The first-order valence-corrected chi connectivity index (χ1v) is 9.23. The van der Waals surface area contributed by atoms with Crippen molar-refractivity contribution >= 4 is 33.8 Å². The van der Waals surface area contributed by atoms with Crippen LogP contribution in [0.5, 0.6) is 0 Å². The van der Waals surface area contributed by atoms with Gasteiger partial charge >= 0.3 is 0 Å². The molecule has 0 unspecified atom stereocenters. The summed E-state index contributed by atoms with van der Waals surface area (Å²) in [7, 11) is 0. The highest BCUT2D eigenvalue weighted by Crippen LogP contribution is 2.29. The number of hydrogen-bond acceptors (Lipinski definition) is 8. The van der Waals surface area contributed by atoms with Gasteiger partial charge in [-0.05, 0) is 39.8 Å². The Bertz CT molecular complexity index is 660. The van der Waals surface area contributed by atoms with Crippen molar-refractivity contribution in [2.24, 2.45) is 0 Å². The van der Waals surface area contributed by atoms with E-state index in [1.807, 2.05) is 6.92 Å². The van der Waals surface area contributed by atoms with Gasteiger partial charge in [-0.15, -0.1) is 11.3 Å². The molecule has 0 aliphatic carbocycles. The van der Waals surface area contributed by atoms with Crippen molar-refractivity contribution in [2.45, 2.75) is 33.1 Å². The number of aromatic nitrogens is 3. The molecule has 0 spiro atoms. The van der Waals surface area contributed by atoms with Gasteiger partial charge in [0, 0.05) is 18.0 Å². The fourth-order valence-electron chi connectivity index (χ4n) is 2.78. The summed E-state index contributed by atoms with van der Waals surface area (Å²) < 4.78 is 0. The molecule has 3 rings (SSSR count). The quantitative estimate of drug-likeness (QED) is 0.740. The summed E-state index contributed by atoms with van der Waals surface area (Å²) in [5.41, 5.74) is 7.76. The summed E-state index contributed by atoms with van der Waals surface area (Å²) in [5, 5.41) is 7.32. The lowest BCUT2D eigenvalue weighted by molar-refractivity contribution is 0.237. The van der Waals surface area contributed by atoms with Crippen LogP contribution in [0.4, 0.5) is 22.5 Å². The van der Waals surface area contributed by atoms with E-state index in [-0.39, 0.29) is 0 Å². The highest BCUT2D eigenvalue weighted by atomic mass is 32.1. The third-order valence-electron chi connectivity index (χ3n) is 4.31. The van der Waals surface area contributed by atoms with Gasteiger partial charge in [0.25, 0.3) is 0 Å². The first-order valence-electron chi connectivity index (χ1n) is 8.41. The molecule has 2 aromatic rings. The number of piperidine rings is 1. The van der Waals surface area contributed by atoms with Gasteiger partial charge in [-0.25, -0.2) is 15.0 Å². The number of nitrogen functional groups attached to an aromatic ring is 1. The van der Waals surface area contributed by atoms with Gasteiger partial charge in [-0.1, -0.05) is 6.42 Å². The van der Waals surface area contributed by atoms with Crippen molar-refractivity contribution in [2.75, 3.05) is 42.5 Å². The van der Waals surface area contributed by atoms with Crippen molar-refractivity contribution in [1.29, 1.82) is 0 Å². The van der Waals surface area contributed by atoms with E-state index >= 15 is 0 Å². The van der Waals surface area contributed by atoms with E-state index in [0.29, 0.717) is 17.3 Å². The van der Waals surface area contributed by atoms with Crippen LogP contribution >= 0.6 is 11.3 Å². The summed E-state index contributed by atoms with van der Waals surface area (Å²) in [5.74, 6) is 1.27. The van der Waals surface area contributed by atoms with Crippen LogP contribution in [-0.4, -0.2) is 46.0 Å². The third kappa shape index (κ3) is 4.12. The van der Waals surface area contributed by atoms with Crippen molar-refractivity contribution < 1.29 is 0 Å². The summed E-state index contributed by atoms with van der Waals surface area (Å²) in [6.45, 7) is 8.27. The van der Waals surface area contributed by atoms with E-state index < -0.39 is 0 Å². The highest BCUT2D eigenvalue weighted by molar-refractivity contribution is 7.15. The predicted octanol–water partition coefficient (Wildman–Crippen LogP) is 2.77. The average molecular weight is 347 g/mol. The molecule has 2 aromatic heterocycles. The van der Waals surface area contributed by atoms with Gasteiger partial charge in [-0.2, -0.15) is 0 Å². The largest absolute Gasteiger partial charge is 0.393 e. The second-order valence-corrected chi connectivity index (χ2v) is 7.30. The molecule has 8 heteroatoms. The zero-order chi connectivity index (χ0) is 16.9. The Balaban J connectivity index is 1.60. The van der Waals surface area contributed by atoms with Crippen LogP contribution in [0.25, 0.3) is 0 Å². The van der Waals surface area contributed by atoms with Crippen LogP contribution in [0.1, 0.15) is 29.8 Å². The van der Waals surface area contributed by atoms with Crippen LogP contribution in [-0.2, 0) is 0 Å². The molecule has 130 valence electrons. The van der Waals surface area contributed by atoms with E-state index in [1.54, 1.807) is 11.3 Å². The number of nitrogens with two attached hydrogens (primary N) is 1. The Morgan fingerprint density at radius 3 is 2.62 bits per heavy atom. The number of anilines is 4. The predicted molar refractivity (Wildman–Crippen MR) is 100 cm³/mol. The number of hydrogen-bond donors (Lipinski definition) is 3. The van der Waals surface area contributed by atoms with Gasteiger partial charge in [0.15, 0.2) is 16.8 Å². The number of rotatable bonds is 6. The fourth-order valence-corrected chi connectivity index (χ4v) is 3.59. The molecule has 3 heterocycles. The molecule has 1 saturated heterocycles. The minimum absolute atomic E-state index is 0.529. The Labute approximate surface area is 146 Å². The van der Waals surface area contributed by atoms with Crippen LogP contribution in [0.2, 0.25) is 0 Å². The summed E-state index contributed by atoms with van der Waals surface area (Å²) in [4.78, 5) is 16.6. The minimum atomic E-state index is 0.529. The second kappa shape index (κ2) is 7.76. The van der Waals surface area contributed by atoms with Crippen LogP contribution in [0.15, 0.2) is 6.33 Å². The zero-order valence-electron chi connectivity index (χ0n) is 14.3. The van der Waals surface area contributed by atoms with Crippen molar-refractivity contribution in [1.82, 2.24) is 19.9 Å². The first-order chi connectivity index (χ1) is 11.6. The SMILES string of the molecule is Cc1nc(Nc2ncnc(NCCN3CCCCC3)c2N)sc1C. The molecule has 0 radical (unpaired) electrons. The average Bonchev–Trinajstić information content (AvgIpc) is 2.90. The maximum atomic E-state index is 6.21. The van der Waals surface area contributed by atoms with Crippen molar-refractivity contribution in [3.8, 4) is 0 Å². The molecular formula is C16H25N7S. The van der Waals surface area contributed by atoms with Crippen molar-refractivity contribution in [3.05, 3.63) is 16.9 Å². The molecule has 0 bridgehead atoms. The summed E-state index contributed by atoms with van der Waals surface area (Å²) in [6.07, 6.45) is 5.48. The topological polar surface area (TPSA) is 92.0 Å². The van der Waals surface area contributed by atoms with Crippen LogP contribution in [0.3, 0.4) is 0 Å². The monoisotopic (exact) mass is 347 g/mol. The summed E-state index contributed by atoms with van der Waals surface area (Å²) >= 11 is 1.60. The van der Waals surface area contributed by atoms with Gasteiger partial charge < -0.3 is 21.3 Å². The number of nitrogens with one attached hydrogen (secondary N) is 2. The molecule has 4 N–H and O–H groups in total. The number of nitrogens with zero attached hydrogens (tertiary/aromatic N) is 4. The molecule has 7 nitrogen and oxygen atoms in total. The second-order valence-electron chi connectivity index (χ2n) is 6.10. The maximum Gasteiger partial charge on any atom is 0.188 e. The lowest BCUT2D eigenvalue weighted by Gasteiger charge is -2.26. The normalized spacial score (nSPS) is 15.4. The summed E-state index contributed by atoms with van der Waals surface area (Å²) in [6, 6.07) is 0. The Morgan fingerprint density at radius 2 is 1.92 bits per heavy atom. The van der Waals surface area contributed by atoms with E-state index in [1.165, 1.54) is 43.6 Å². The molecule has 0 saturated carbocycles. The highest BCUT2D eigenvalue weighted by Gasteiger charge is 2.12.